The van der Waals surface area contributed by atoms with Gasteiger partial charge >= 0.3 is 6.09 Å². The summed E-state index contributed by atoms with van der Waals surface area (Å²) in [5, 5.41) is 9.15. The van der Waals surface area contributed by atoms with Crippen molar-refractivity contribution in [3.8, 4) is 17.0 Å². The summed E-state index contributed by atoms with van der Waals surface area (Å²) in [7, 11) is 0. The van der Waals surface area contributed by atoms with Crippen LogP contribution in [0.2, 0.25) is 5.02 Å². The van der Waals surface area contributed by atoms with Gasteiger partial charge in [-0.3, -0.25) is 4.68 Å². The normalized spacial score (nSPS) is 21.5. The zero-order valence-electron chi connectivity index (χ0n) is 18.6. The summed E-state index contributed by atoms with van der Waals surface area (Å²) in [6.45, 7) is 3.80. The Balaban J connectivity index is 0.00000228. The lowest BCUT2D eigenvalue weighted by Gasteiger charge is -2.43. The number of benzene rings is 1. The van der Waals surface area contributed by atoms with Crippen molar-refractivity contribution in [2.45, 2.75) is 50.2 Å². The molecule has 9 heteroatoms. The highest BCUT2D eigenvalue weighted by molar-refractivity contribution is 6.30. The van der Waals surface area contributed by atoms with Crippen molar-refractivity contribution in [3.05, 3.63) is 35.0 Å². The third-order valence-corrected chi connectivity index (χ3v) is 7.61. The van der Waals surface area contributed by atoms with Crippen molar-refractivity contribution < 1.29 is 14.3 Å². The van der Waals surface area contributed by atoms with Gasteiger partial charge in [0.25, 0.3) is 0 Å². The van der Waals surface area contributed by atoms with Gasteiger partial charge in [0, 0.05) is 48.3 Å². The fourth-order valence-corrected chi connectivity index (χ4v) is 5.37. The molecule has 7 nitrogen and oxygen atoms in total. The second-order valence-electron chi connectivity index (χ2n) is 9.60. The van der Waals surface area contributed by atoms with Gasteiger partial charge in [0.05, 0.1) is 12.6 Å². The lowest BCUT2D eigenvalue weighted by molar-refractivity contribution is -0.00605. The molecule has 1 aromatic carbocycles. The number of halogens is 2. The molecule has 3 aliphatic heterocycles. The molecule has 3 fully saturated rings. The molecule has 33 heavy (non-hydrogen) atoms. The van der Waals surface area contributed by atoms with E-state index < -0.39 is 5.60 Å². The van der Waals surface area contributed by atoms with Crippen LogP contribution in [0, 0.1) is 5.92 Å². The van der Waals surface area contributed by atoms with Crippen molar-refractivity contribution in [3.63, 3.8) is 0 Å². The number of likely N-dealkylation sites (tertiary alicyclic amines) is 1. The fourth-order valence-electron chi connectivity index (χ4n) is 5.21. The number of rotatable bonds is 3. The number of amides is 1. The highest BCUT2D eigenvalue weighted by atomic mass is 35.5. The third kappa shape index (κ3) is 4.31. The van der Waals surface area contributed by atoms with E-state index in [1.165, 1.54) is 12.8 Å². The van der Waals surface area contributed by atoms with Gasteiger partial charge in [0.15, 0.2) is 0 Å². The quantitative estimate of drug-likeness (QED) is 0.667. The zero-order chi connectivity index (χ0) is 21.7. The molecule has 0 bridgehead atoms. The van der Waals surface area contributed by atoms with E-state index in [9.17, 15) is 4.79 Å². The third-order valence-electron chi connectivity index (χ3n) is 7.38. The molecular formula is C24H30Cl2N4O3. The Labute approximate surface area is 205 Å². The first kappa shape index (κ1) is 22.8. The fraction of sp³-hybridized carbons (Fsp3) is 0.583. The van der Waals surface area contributed by atoms with Gasteiger partial charge in [-0.25, -0.2) is 4.79 Å². The predicted molar refractivity (Wildman–Crippen MR) is 128 cm³/mol. The number of piperidine rings is 2. The first-order valence-corrected chi connectivity index (χ1v) is 12.2. The molecule has 178 valence electrons. The van der Waals surface area contributed by atoms with E-state index in [0.717, 1.165) is 48.5 Å². The number of hydrogen-bond acceptors (Lipinski definition) is 5. The maximum Gasteiger partial charge on any atom is 0.409 e. The number of hydrogen-bond donors (Lipinski definition) is 1. The SMILES string of the molecule is Cl.O=C(OCC1CC1)N1CCC2(CC1)Oc1cc(Cl)ccc1-c1nn(C3CCNCC3)cc12. The summed E-state index contributed by atoms with van der Waals surface area (Å²) in [6, 6.07) is 6.19. The van der Waals surface area contributed by atoms with Crippen LogP contribution in [0.25, 0.3) is 11.3 Å². The summed E-state index contributed by atoms with van der Waals surface area (Å²) in [6.07, 6.45) is 7.92. The maximum absolute atomic E-state index is 12.5. The molecule has 0 unspecified atom stereocenters. The van der Waals surface area contributed by atoms with Gasteiger partial charge in [-0.1, -0.05) is 11.6 Å². The molecule has 1 N–H and O–H groups in total. The predicted octanol–water partition coefficient (Wildman–Crippen LogP) is 4.78. The van der Waals surface area contributed by atoms with Gasteiger partial charge in [-0.2, -0.15) is 5.10 Å². The van der Waals surface area contributed by atoms with Crippen molar-refractivity contribution in [2.75, 3.05) is 32.8 Å². The van der Waals surface area contributed by atoms with E-state index >= 15 is 0 Å². The molecule has 1 aromatic heterocycles. The first-order chi connectivity index (χ1) is 15.6. The van der Waals surface area contributed by atoms with Gasteiger partial charge in [0.2, 0.25) is 0 Å². The van der Waals surface area contributed by atoms with E-state index in [4.69, 9.17) is 26.2 Å². The number of fused-ring (bicyclic) bond motifs is 4. The van der Waals surface area contributed by atoms with Crippen molar-refractivity contribution in [2.24, 2.45) is 5.92 Å². The van der Waals surface area contributed by atoms with Crippen LogP contribution in [0.1, 0.15) is 50.1 Å². The molecule has 4 heterocycles. The Bertz CT molecular complexity index is 1020. The largest absolute Gasteiger partial charge is 0.482 e. The van der Waals surface area contributed by atoms with Gasteiger partial charge in [-0.15, -0.1) is 12.4 Å². The van der Waals surface area contributed by atoms with Gasteiger partial charge < -0.3 is 19.7 Å². The van der Waals surface area contributed by atoms with Crippen LogP contribution >= 0.6 is 24.0 Å². The van der Waals surface area contributed by atoms with Crippen LogP contribution in [0.4, 0.5) is 4.79 Å². The highest BCUT2D eigenvalue weighted by Gasteiger charge is 2.46. The number of carbonyl (C=O) groups is 1. The van der Waals surface area contributed by atoms with Crippen LogP contribution in [0.15, 0.2) is 24.4 Å². The summed E-state index contributed by atoms with van der Waals surface area (Å²) < 4.78 is 14.3. The average Bonchev–Trinajstić information content (AvgIpc) is 3.53. The molecule has 1 amide bonds. The summed E-state index contributed by atoms with van der Waals surface area (Å²) in [5.41, 5.74) is 2.63. The number of nitrogens with zero attached hydrogens (tertiary/aromatic N) is 3. The van der Waals surface area contributed by atoms with Crippen LogP contribution in [-0.4, -0.2) is 53.6 Å². The van der Waals surface area contributed by atoms with E-state index in [0.29, 0.717) is 49.5 Å². The molecule has 6 rings (SSSR count). The van der Waals surface area contributed by atoms with Crippen LogP contribution in [-0.2, 0) is 10.3 Å². The maximum atomic E-state index is 12.5. The second kappa shape index (κ2) is 9.01. The average molecular weight is 493 g/mol. The van der Waals surface area contributed by atoms with Crippen LogP contribution < -0.4 is 10.1 Å². The minimum Gasteiger partial charge on any atom is -0.482 e. The molecule has 2 saturated heterocycles. The Hall–Kier alpha value is -1.96. The Kier molecular flexibility index (Phi) is 6.23. The van der Waals surface area contributed by atoms with E-state index in [1.54, 1.807) is 0 Å². The van der Waals surface area contributed by atoms with Crippen molar-refractivity contribution >= 4 is 30.1 Å². The summed E-state index contributed by atoms with van der Waals surface area (Å²) in [4.78, 5) is 14.3. The number of ether oxygens (including phenoxy) is 2. The molecule has 4 aliphatic rings. The molecule has 2 aromatic rings. The standard InChI is InChI=1S/C24H29ClN4O3.ClH/c25-17-3-4-19-21(13-17)32-24(7-11-28(12-8-24)23(30)31-15-16-1-2-16)20-14-29(27-22(19)20)18-5-9-26-10-6-18;/h3-4,13-14,16,18,26H,1-2,5-12,15H2;1H. The Morgan fingerprint density at radius 3 is 2.70 bits per heavy atom. The van der Waals surface area contributed by atoms with E-state index in [-0.39, 0.29) is 18.5 Å². The second-order valence-corrected chi connectivity index (χ2v) is 10.0. The van der Waals surface area contributed by atoms with Gasteiger partial charge in [-0.05, 0) is 62.9 Å². The minimum absolute atomic E-state index is 0. The molecule has 1 aliphatic carbocycles. The van der Waals surface area contributed by atoms with Crippen LogP contribution in [0.5, 0.6) is 5.75 Å². The number of carbonyl (C=O) groups excluding carboxylic acids is 1. The van der Waals surface area contributed by atoms with Crippen molar-refractivity contribution in [1.82, 2.24) is 20.0 Å². The molecule has 0 atom stereocenters. The van der Waals surface area contributed by atoms with Gasteiger partial charge in [0.1, 0.15) is 17.0 Å². The molecule has 1 spiro atoms. The molecule has 0 radical (unpaired) electrons. The first-order valence-electron chi connectivity index (χ1n) is 11.8. The highest BCUT2D eigenvalue weighted by Crippen LogP contribution is 2.50. The lowest BCUT2D eigenvalue weighted by Crippen LogP contribution is -2.49. The Morgan fingerprint density at radius 1 is 1.21 bits per heavy atom. The summed E-state index contributed by atoms with van der Waals surface area (Å²) in [5.74, 6) is 1.35. The van der Waals surface area contributed by atoms with E-state index in [1.807, 2.05) is 23.1 Å². The minimum atomic E-state index is -0.495. The number of nitrogens with one attached hydrogen (secondary N) is 1. The number of aromatic nitrogens is 2. The zero-order valence-corrected chi connectivity index (χ0v) is 20.2. The Morgan fingerprint density at radius 2 is 1.97 bits per heavy atom. The summed E-state index contributed by atoms with van der Waals surface area (Å²) >= 11 is 6.31. The molecular weight excluding hydrogens is 463 g/mol. The monoisotopic (exact) mass is 492 g/mol. The molecule has 1 saturated carbocycles. The smallest absolute Gasteiger partial charge is 0.409 e. The van der Waals surface area contributed by atoms with E-state index in [2.05, 4.69) is 16.2 Å². The lowest BCUT2D eigenvalue weighted by atomic mass is 9.81. The van der Waals surface area contributed by atoms with Crippen LogP contribution in [0.3, 0.4) is 0 Å². The van der Waals surface area contributed by atoms with Crippen molar-refractivity contribution in [1.29, 1.82) is 0 Å². The topological polar surface area (TPSA) is 68.6 Å².